The summed E-state index contributed by atoms with van der Waals surface area (Å²) >= 11 is 1.77. The van der Waals surface area contributed by atoms with Crippen molar-refractivity contribution in [2.75, 3.05) is 5.75 Å². The van der Waals surface area contributed by atoms with Crippen molar-refractivity contribution >= 4 is 17.5 Å². The minimum atomic E-state index is 0.215. The lowest BCUT2D eigenvalue weighted by Crippen LogP contribution is -2.20. The topological polar surface area (TPSA) is 17.1 Å². The standard InChI is InChI=1S/C13H24OS/c1-12(2,3)15-10-11(14)9-13(4)7-5-6-8-13/h5-10H2,1-4H3. The molecule has 0 unspecified atom stereocenters. The summed E-state index contributed by atoms with van der Waals surface area (Å²) in [7, 11) is 0. The van der Waals surface area contributed by atoms with E-state index in [0.717, 1.165) is 6.42 Å². The molecule has 15 heavy (non-hydrogen) atoms. The van der Waals surface area contributed by atoms with Crippen molar-refractivity contribution in [2.45, 2.75) is 64.5 Å². The fraction of sp³-hybridized carbons (Fsp3) is 0.923. The summed E-state index contributed by atoms with van der Waals surface area (Å²) in [5.74, 6) is 1.14. The number of hydrogen-bond acceptors (Lipinski definition) is 2. The molecule has 0 aromatic carbocycles. The van der Waals surface area contributed by atoms with Crippen LogP contribution in [0.25, 0.3) is 0 Å². The molecule has 2 heteroatoms. The highest BCUT2D eigenvalue weighted by Gasteiger charge is 2.31. The number of ketones is 1. The van der Waals surface area contributed by atoms with Gasteiger partial charge in [-0.1, -0.05) is 40.5 Å². The van der Waals surface area contributed by atoms with E-state index in [1.807, 2.05) is 0 Å². The van der Waals surface area contributed by atoms with Gasteiger partial charge in [-0.2, -0.15) is 0 Å². The molecule has 0 aliphatic heterocycles. The summed E-state index contributed by atoms with van der Waals surface area (Å²) < 4.78 is 0.215. The van der Waals surface area contributed by atoms with E-state index in [0.29, 0.717) is 17.0 Å². The number of carbonyl (C=O) groups is 1. The average molecular weight is 228 g/mol. The zero-order valence-corrected chi connectivity index (χ0v) is 11.4. The van der Waals surface area contributed by atoms with Crippen LogP contribution in [-0.2, 0) is 4.79 Å². The lowest BCUT2D eigenvalue weighted by Gasteiger charge is -2.23. The van der Waals surface area contributed by atoms with Gasteiger partial charge in [-0.05, 0) is 18.3 Å². The third-order valence-corrected chi connectivity index (χ3v) is 4.43. The molecule has 1 aliphatic rings. The van der Waals surface area contributed by atoms with Crippen LogP contribution in [0.3, 0.4) is 0 Å². The average Bonchev–Trinajstić information content (AvgIpc) is 2.47. The first-order chi connectivity index (χ1) is 6.81. The zero-order valence-electron chi connectivity index (χ0n) is 10.6. The first-order valence-electron chi connectivity index (χ1n) is 5.96. The van der Waals surface area contributed by atoms with Gasteiger partial charge in [-0.15, -0.1) is 11.8 Å². The van der Waals surface area contributed by atoms with E-state index >= 15 is 0 Å². The summed E-state index contributed by atoms with van der Waals surface area (Å²) in [6.07, 6.45) is 5.93. The van der Waals surface area contributed by atoms with Gasteiger partial charge in [0.05, 0.1) is 5.75 Å². The van der Waals surface area contributed by atoms with Crippen molar-refractivity contribution in [1.82, 2.24) is 0 Å². The van der Waals surface area contributed by atoms with E-state index in [2.05, 4.69) is 27.7 Å². The second-order valence-corrected chi connectivity index (χ2v) is 7.94. The maximum atomic E-state index is 11.8. The third-order valence-electron chi connectivity index (χ3n) is 3.10. The molecule has 1 saturated carbocycles. The molecule has 88 valence electrons. The molecule has 0 amide bonds. The Morgan fingerprint density at radius 3 is 2.27 bits per heavy atom. The monoisotopic (exact) mass is 228 g/mol. The Morgan fingerprint density at radius 1 is 1.27 bits per heavy atom. The van der Waals surface area contributed by atoms with Gasteiger partial charge in [0.15, 0.2) is 0 Å². The van der Waals surface area contributed by atoms with Crippen LogP contribution in [0.5, 0.6) is 0 Å². The molecule has 0 N–H and O–H groups in total. The second-order valence-electron chi connectivity index (χ2n) is 6.13. The quantitative estimate of drug-likeness (QED) is 0.722. The molecule has 0 bridgehead atoms. The Bertz CT molecular complexity index is 221. The SMILES string of the molecule is CC1(CC(=O)CSC(C)(C)C)CCCC1. The van der Waals surface area contributed by atoms with Crippen LogP contribution >= 0.6 is 11.8 Å². The summed E-state index contributed by atoms with van der Waals surface area (Å²) in [6.45, 7) is 8.78. The zero-order chi connectivity index (χ0) is 11.5. The summed E-state index contributed by atoms with van der Waals surface area (Å²) in [5.41, 5.74) is 0.329. The van der Waals surface area contributed by atoms with Gasteiger partial charge in [-0.25, -0.2) is 0 Å². The Hall–Kier alpha value is 0.0200. The van der Waals surface area contributed by atoms with Gasteiger partial charge < -0.3 is 0 Å². The number of hydrogen-bond donors (Lipinski definition) is 0. The molecule has 1 rings (SSSR count). The highest BCUT2D eigenvalue weighted by Crippen LogP contribution is 2.41. The predicted molar refractivity (Wildman–Crippen MR) is 68.4 cm³/mol. The summed E-state index contributed by atoms with van der Waals surface area (Å²) in [5, 5.41) is 0. The highest BCUT2D eigenvalue weighted by atomic mass is 32.2. The number of carbonyl (C=O) groups excluding carboxylic acids is 1. The maximum absolute atomic E-state index is 11.8. The van der Waals surface area contributed by atoms with Gasteiger partial charge in [0, 0.05) is 11.2 Å². The van der Waals surface area contributed by atoms with Gasteiger partial charge in [-0.3, -0.25) is 4.79 Å². The minimum absolute atomic E-state index is 0.215. The molecule has 0 spiro atoms. The number of Topliss-reactive ketones (excluding diaryl/α,β-unsaturated/α-hetero) is 1. The smallest absolute Gasteiger partial charge is 0.143 e. The fourth-order valence-corrected chi connectivity index (χ4v) is 2.93. The lowest BCUT2D eigenvalue weighted by molar-refractivity contribution is -0.118. The minimum Gasteiger partial charge on any atom is -0.299 e. The van der Waals surface area contributed by atoms with E-state index in [1.165, 1.54) is 25.7 Å². The van der Waals surface area contributed by atoms with Crippen molar-refractivity contribution in [3.8, 4) is 0 Å². The molecule has 1 fully saturated rings. The molecular formula is C13H24OS. The summed E-state index contributed by atoms with van der Waals surface area (Å²) in [6, 6.07) is 0. The Balaban J connectivity index is 2.30. The first kappa shape index (κ1) is 13.1. The van der Waals surface area contributed by atoms with Crippen molar-refractivity contribution < 1.29 is 4.79 Å². The van der Waals surface area contributed by atoms with Crippen LogP contribution in [0.2, 0.25) is 0 Å². The lowest BCUT2D eigenvalue weighted by atomic mass is 9.84. The molecule has 0 saturated heterocycles. The van der Waals surface area contributed by atoms with E-state index in [4.69, 9.17) is 0 Å². The van der Waals surface area contributed by atoms with Crippen LogP contribution < -0.4 is 0 Å². The van der Waals surface area contributed by atoms with Crippen LogP contribution in [0, 0.1) is 5.41 Å². The van der Waals surface area contributed by atoms with Gasteiger partial charge >= 0.3 is 0 Å². The number of rotatable bonds is 4. The summed E-state index contributed by atoms with van der Waals surface area (Å²) in [4.78, 5) is 11.8. The van der Waals surface area contributed by atoms with Crippen molar-refractivity contribution in [3.05, 3.63) is 0 Å². The van der Waals surface area contributed by atoms with Gasteiger partial charge in [0.1, 0.15) is 5.78 Å². The maximum Gasteiger partial charge on any atom is 0.143 e. The van der Waals surface area contributed by atoms with Crippen molar-refractivity contribution in [2.24, 2.45) is 5.41 Å². The molecular weight excluding hydrogens is 204 g/mol. The molecule has 0 aromatic rings. The predicted octanol–water partition coefficient (Wildman–Crippen LogP) is 4.06. The molecule has 0 radical (unpaired) electrons. The van der Waals surface area contributed by atoms with Crippen molar-refractivity contribution in [3.63, 3.8) is 0 Å². The van der Waals surface area contributed by atoms with E-state index in [9.17, 15) is 4.79 Å². The largest absolute Gasteiger partial charge is 0.299 e. The van der Waals surface area contributed by atoms with E-state index in [-0.39, 0.29) is 4.75 Å². The highest BCUT2D eigenvalue weighted by molar-refractivity contribution is 8.01. The van der Waals surface area contributed by atoms with Crippen molar-refractivity contribution in [1.29, 1.82) is 0 Å². The molecule has 0 aromatic heterocycles. The molecule has 0 heterocycles. The first-order valence-corrected chi connectivity index (χ1v) is 6.95. The van der Waals surface area contributed by atoms with Crippen LogP contribution in [-0.4, -0.2) is 16.3 Å². The van der Waals surface area contributed by atoms with Gasteiger partial charge in [0.25, 0.3) is 0 Å². The fourth-order valence-electron chi connectivity index (χ4n) is 2.23. The van der Waals surface area contributed by atoms with E-state index in [1.54, 1.807) is 11.8 Å². The normalized spacial score (nSPS) is 20.5. The molecule has 0 atom stereocenters. The number of thioether (sulfide) groups is 1. The van der Waals surface area contributed by atoms with Gasteiger partial charge in [0.2, 0.25) is 0 Å². The Kier molecular flexibility index (Phi) is 4.28. The van der Waals surface area contributed by atoms with E-state index < -0.39 is 0 Å². The van der Waals surface area contributed by atoms with Crippen LogP contribution in [0.1, 0.15) is 59.8 Å². The third kappa shape index (κ3) is 5.05. The van der Waals surface area contributed by atoms with Crippen LogP contribution in [0.15, 0.2) is 0 Å². The second kappa shape index (κ2) is 4.90. The Morgan fingerprint density at radius 2 is 1.80 bits per heavy atom. The molecule has 1 nitrogen and oxygen atoms in total. The molecule has 1 aliphatic carbocycles. The van der Waals surface area contributed by atoms with Crippen LogP contribution in [0.4, 0.5) is 0 Å². The Labute approximate surface area is 98.4 Å².